The molecule has 1 amide bonds. The molecule has 6 heteroatoms. The minimum Gasteiger partial charge on any atom is -0.490 e. The topological polar surface area (TPSA) is 50.8 Å². The van der Waals surface area contributed by atoms with Crippen molar-refractivity contribution >= 4 is 23.2 Å². The van der Waals surface area contributed by atoms with Gasteiger partial charge in [-0.1, -0.05) is 54.6 Å². The van der Waals surface area contributed by atoms with Crippen molar-refractivity contribution < 1.29 is 14.3 Å². The van der Waals surface area contributed by atoms with E-state index in [-0.39, 0.29) is 5.91 Å². The highest BCUT2D eigenvalue weighted by molar-refractivity contribution is 7.80. The van der Waals surface area contributed by atoms with Crippen LogP contribution in [0.4, 0.5) is 0 Å². The average Bonchev–Trinajstić information content (AvgIpc) is 2.78. The third kappa shape index (κ3) is 6.60. The van der Waals surface area contributed by atoms with Gasteiger partial charge in [0.1, 0.15) is 24.7 Å². The van der Waals surface area contributed by atoms with E-state index in [2.05, 4.69) is 5.32 Å². The summed E-state index contributed by atoms with van der Waals surface area (Å²) in [6.45, 7) is 1.40. The van der Waals surface area contributed by atoms with Crippen LogP contribution in [0.25, 0.3) is 0 Å². The van der Waals surface area contributed by atoms with Crippen LogP contribution in [-0.2, 0) is 6.54 Å². The maximum absolute atomic E-state index is 12.6. The lowest BCUT2D eigenvalue weighted by Gasteiger charge is -2.20. The summed E-state index contributed by atoms with van der Waals surface area (Å²) in [4.78, 5) is 14.4. The van der Waals surface area contributed by atoms with Gasteiger partial charge >= 0.3 is 0 Å². The van der Waals surface area contributed by atoms with Crippen molar-refractivity contribution in [2.75, 3.05) is 20.3 Å². The van der Waals surface area contributed by atoms with E-state index in [0.717, 1.165) is 11.3 Å². The first kappa shape index (κ1) is 21.3. The van der Waals surface area contributed by atoms with Gasteiger partial charge in [0.25, 0.3) is 5.91 Å². The van der Waals surface area contributed by atoms with Gasteiger partial charge in [-0.05, 0) is 48.1 Å². The summed E-state index contributed by atoms with van der Waals surface area (Å²) >= 11 is 5.36. The number of nitrogens with zero attached hydrogens (tertiary/aromatic N) is 1. The Balaban J connectivity index is 1.48. The molecule has 0 aliphatic heterocycles. The summed E-state index contributed by atoms with van der Waals surface area (Å²) < 4.78 is 11.3. The molecule has 0 heterocycles. The maximum atomic E-state index is 12.6. The van der Waals surface area contributed by atoms with Crippen LogP contribution in [0.5, 0.6) is 11.5 Å². The molecular formula is C24H24N2O3S. The zero-order valence-electron chi connectivity index (χ0n) is 16.8. The highest BCUT2D eigenvalue weighted by Crippen LogP contribution is 2.14. The molecule has 0 saturated carbocycles. The van der Waals surface area contributed by atoms with Crippen molar-refractivity contribution in [2.24, 2.45) is 0 Å². The number of benzene rings is 3. The number of hydrogen-bond donors (Lipinski definition) is 1. The van der Waals surface area contributed by atoms with Gasteiger partial charge in [0, 0.05) is 19.2 Å². The van der Waals surface area contributed by atoms with Crippen molar-refractivity contribution in [3.8, 4) is 11.5 Å². The van der Waals surface area contributed by atoms with Gasteiger partial charge in [-0.3, -0.25) is 10.1 Å². The van der Waals surface area contributed by atoms with Crippen LogP contribution in [0, 0.1) is 0 Å². The number of para-hydroxylation sites is 1. The number of carbonyl (C=O) groups excluding carboxylic acids is 1. The fourth-order valence-electron chi connectivity index (χ4n) is 2.76. The van der Waals surface area contributed by atoms with E-state index in [1.54, 1.807) is 24.3 Å². The molecular weight excluding hydrogens is 396 g/mol. The number of hydrogen-bond acceptors (Lipinski definition) is 4. The normalized spacial score (nSPS) is 10.2. The van der Waals surface area contributed by atoms with E-state index in [4.69, 9.17) is 21.7 Å². The molecule has 3 rings (SSSR count). The number of nitrogens with one attached hydrogen (secondary N) is 1. The van der Waals surface area contributed by atoms with Crippen LogP contribution in [0.1, 0.15) is 15.9 Å². The molecule has 30 heavy (non-hydrogen) atoms. The SMILES string of the molecule is CN(Cc1ccccc1)C(=S)NC(=O)c1cccc(OCCOc2ccccc2)c1. The van der Waals surface area contributed by atoms with E-state index in [9.17, 15) is 4.79 Å². The molecule has 0 aromatic heterocycles. The lowest BCUT2D eigenvalue weighted by atomic mass is 10.2. The lowest BCUT2D eigenvalue weighted by Crippen LogP contribution is -2.40. The number of ether oxygens (including phenoxy) is 2. The zero-order valence-corrected chi connectivity index (χ0v) is 17.6. The highest BCUT2D eigenvalue weighted by Gasteiger charge is 2.12. The minimum absolute atomic E-state index is 0.272. The zero-order chi connectivity index (χ0) is 21.2. The molecule has 3 aromatic rings. The summed E-state index contributed by atoms with van der Waals surface area (Å²) in [6.07, 6.45) is 0. The molecule has 0 bridgehead atoms. The van der Waals surface area contributed by atoms with Crippen LogP contribution >= 0.6 is 12.2 Å². The predicted octanol–water partition coefficient (Wildman–Crippen LogP) is 4.29. The van der Waals surface area contributed by atoms with Crippen LogP contribution in [0.3, 0.4) is 0 Å². The van der Waals surface area contributed by atoms with Crippen molar-refractivity contribution in [3.63, 3.8) is 0 Å². The fourth-order valence-corrected chi connectivity index (χ4v) is 2.91. The first-order chi connectivity index (χ1) is 14.6. The molecule has 0 saturated heterocycles. The van der Waals surface area contributed by atoms with E-state index < -0.39 is 0 Å². The largest absolute Gasteiger partial charge is 0.490 e. The van der Waals surface area contributed by atoms with Crippen molar-refractivity contribution in [3.05, 3.63) is 96.1 Å². The molecule has 0 radical (unpaired) electrons. The Bertz CT molecular complexity index is 964. The highest BCUT2D eigenvalue weighted by atomic mass is 32.1. The van der Waals surface area contributed by atoms with E-state index in [0.29, 0.717) is 36.2 Å². The van der Waals surface area contributed by atoms with Gasteiger partial charge < -0.3 is 14.4 Å². The van der Waals surface area contributed by atoms with Crippen molar-refractivity contribution in [2.45, 2.75) is 6.54 Å². The molecule has 0 fully saturated rings. The molecule has 1 N–H and O–H groups in total. The summed E-state index contributed by atoms with van der Waals surface area (Å²) in [5.74, 6) is 1.12. The predicted molar refractivity (Wildman–Crippen MR) is 122 cm³/mol. The number of thiocarbonyl (C=S) groups is 1. The Kier molecular flexibility index (Phi) is 7.80. The Labute approximate surface area is 182 Å². The van der Waals surface area contributed by atoms with Crippen molar-refractivity contribution in [1.29, 1.82) is 0 Å². The number of amides is 1. The Morgan fingerprint density at radius 2 is 1.47 bits per heavy atom. The third-order valence-corrected chi connectivity index (χ3v) is 4.70. The first-order valence-corrected chi connectivity index (χ1v) is 10.0. The van der Waals surface area contributed by atoms with Crippen LogP contribution in [0.2, 0.25) is 0 Å². The molecule has 3 aromatic carbocycles. The monoisotopic (exact) mass is 420 g/mol. The van der Waals surface area contributed by atoms with Gasteiger partial charge in [-0.2, -0.15) is 0 Å². The van der Waals surface area contributed by atoms with Gasteiger partial charge in [-0.15, -0.1) is 0 Å². The van der Waals surface area contributed by atoms with Crippen LogP contribution in [-0.4, -0.2) is 36.2 Å². The lowest BCUT2D eigenvalue weighted by molar-refractivity contribution is 0.0973. The molecule has 0 unspecified atom stereocenters. The summed E-state index contributed by atoms with van der Waals surface area (Å²) in [5.41, 5.74) is 1.59. The van der Waals surface area contributed by atoms with E-state index in [1.165, 1.54) is 0 Å². The Morgan fingerprint density at radius 1 is 0.867 bits per heavy atom. The average molecular weight is 421 g/mol. The standard InChI is InChI=1S/C24H24N2O3S/c1-26(18-19-9-4-2-5-10-19)24(30)25-23(27)20-11-8-14-22(17-20)29-16-15-28-21-12-6-3-7-13-21/h2-14,17H,15-16,18H2,1H3,(H,25,27,30). The second-order valence-corrected chi connectivity index (χ2v) is 7.03. The molecule has 0 aliphatic carbocycles. The molecule has 0 spiro atoms. The minimum atomic E-state index is -0.272. The van der Waals surface area contributed by atoms with E-state index in [1.807, 2.05) is 72.6 Å². The number of rotatable bonds is 8. The third-order valence-electron chi connectivity index (χ3n) is 4.29. The second kappa shape index (κ2) is 11.0. The Hall–Kier alpha value is -3.38. The van der Waals surface area contributed by atoms with E-state index >= 15 is 0 Å². The number of carbonyl (C=O) groups is 1. The molecule has 154 valence electrons. The van der Waals surface area contributed by atoms with Gasteiger partial charge in [0.2, 0.25) is 0 Å². The second-order valence-electron chi connectivity index (χ2n) is 6.64. The summed E-state index contributed by atoms with van der Waals surface area (Å²) in [5, 5.41) is 3.14. The maximum Gasteiger partial charge on any atom is 0.257 e. The Morgan fingerprint density at radius 3 is 2.17 bits per heavy atom. The molecule has 0 atom stereocenters. The fraction of sp³-hybridized carbons (Fsp3) is 0.167. The van der Waals surface area contributed by atoms with Crippen LogP contribution in [0.15, 0.2) is 84.9 Å². The first-order valence-electron chi connectivity index (χ1n) is 9.63. The molecule has 5 nitrogen and oxygen atoms in total. The van der Waals surface area contributed by atoms with Crippen molar-refractivity contribution in [1.82, 2.24) is 10.2 Å². The molecule has 0 aliphatic rings. The van der Waals surface area contributed by atoms with Crippen LogP contribution < -0.4 is 14.8 Å². The van der Waals surface area contributed by atoms with Gasteiger partial charge in [-0.25, -0.2) is 0 Å². The van der Waals surface area contributed by atoms with Gasteiger partial charge in [0.15, 0.2) is 5.11 Å². The van der Waals surface area contributed by atoms with Gasteiger partial charge in [0.05, 0.1) is 0 Å². The quantitative estimate of drug-likeness (QED) is 0.435. The summed E-state index contributed by atoms with van der Waals surface area (Å²) in [7, 11) is 1.85. The smallest absolute Gasteiger partial charge is 0.257 e. The summed E-state index contributed by atoms with van der Waals surface area (Å²) in [6, 6.07) is 26.5.